The van der Waals surface area contributed by atoms with Crippen LogP contribution in [0.5, 0.6) is 11.5 Å². The number of anilines is 2. The summed E-state index contributed by atoms with van der Waals surface area (Å²) in [4.78, 5) is 28.2. The number of nitrogens with zero attached hydrogens (tertiary/aromatic N) is 2. The van der Waals surface area contributed by atoms with E-state index in [0.29, 0.717) is 48.7 Å². The third kappa shape index (κ3) is 8.80. The van der Waals surface area contributed by atoms with E-state index in [0.717, 1.165) is 16.9 Å². The van der Waals surface area contributed by atoms with Crippen molar-refractivity contribution in [3.8, 4) is 17.2 Å². The predicted octanol–water partition coefficient (Wildman–Crippen LogP) is 8.04. The topological polar surface area (TPSA) is 107 Å². The molecule has 2 amide bonds. The number of nitrogens with one attached hydrogen (secondary N) is 3. The van der Waals surface area contributed by atoms with E-state index >= 15 is 0 Å². The van der Waals surface area contributed by atoms with Crippen LogP contribution in [-0.4, -0.2) is 54.6 Å². The van der Waals surface area contributed by atoms with Gasteiger partial charge in [0.15, 0.2) is 12.4 Å². The Morgan fingerprint density at radius 1 is 0.980 bits per heavy atom. The van der Waals surface area contributed by atoms with Gasteiger partial charge in [-0.25, -0.2) is 9.48 Å². The Hall–Kier alpha value is -4.84. The lowest BCUT2D eigenvalue weighted by Crippen LogP contribution is -2.34. The van der Waals surface area contributed by atoms with Gasteiger partial charge in [0.25, 0.3) is 0 Å². The van der Waals surface area contributed by atoms with Crippen molar-refractivity contribution in [2.24, 2.45) is 5.92 Å². The number of ether oxygens (including phenoxy) is 2. The standard InChI is InChI=1S/C37H42F3N5O4/c1-23-10-12-25(13-11-23)45-32(21-31(44-45)36(2,3)4)43-35(47)42-29-9-7-6-8-27(29)33(24-16-18-41-19-17-24)34(46)28-20-26(48-5)14-15-30(28)49-22-37(38,39)40/h6-15,20-21,24,33,41H,16-19,22H2,1-5H3,(H2,42,43,47). The van der Waals surface area contributed by atoms with Crippen LogP contribution in [0.25, 0.3) is 5.69 Å². The largest absolute Gasteiger partial charge is 0.497 e. The third-order valence-corrected chi connectivity index (χ3v) is 8.52. The van der Waals surface area contributed by atoms with Gasteiger partial charge in [-0.15, -0.1) is 0 Å². The first-order chi connectivity index (χ1) is 23.2. The molecule has 0 saturated carbocycles. The second-order valence-corrected chi connectivity index (χ2v) is 13.3. The van der Waals surface area contributed by atoms with E-state index in [1.165, 1.54) is 25.3 Å². The van der Waals surface area contributed by atoms with Gasteiger partial charge in [0.1, 0.15) is 17.3 Å². The summed E-state index contributed by atoms with van der Waals surface area (Å²) < 4.78 is 51.6. The zero-order chi connectivity index (χ0) is 35.3. The fraction of sp³-hybridized carbons (Fsp3) is 0.378. The lowest BCUT2D eigenvalue weighted by molar-refractivity contribution is -0.153. The Bertz CT molecular complexity index is 1770. The molecule has 4 aromatic rings. The number of methoxy groups -OCH3 is 1. The molecule has 1 atom stereocenters. The van der Waals surface area contributed by atoms with Crippen LogP contribution in [-0.2, 0) is 5.41 Å². The maximum atomic E-state index is 14.5. The lowest BCUT2D eigenvalue weighted by atomic mass is 9.75. The van der Waals surface area contributed by atoms with Gasteiger partial charge in [0.2, 0.25) is 0 Å². The van der Waals surface area contributed by atoms with Crippen molar-refractivity contribution >= 4 is 23.3 Å². The minimum Gasteiger partial charge on any atom is -0.497 e. The van der Waals surface area contributed by atoms with Crippen LogP contribution in [0, 0.1) is 12.8 Å². The van der Waals surface area contributed by atoms with Crippen molar-refractivity contribution in [3.63, 3.8) is 0 Å². The van der Waals surface area contributed by atoms with Crippen LogP contribution < -0.4 is 25.4 Å². The van der Waals surface area contributed by atoms with E-state index in [1.807, 2.05) is 58.0 Å². The predicted molar refractivity (Wildman–Crippen MR) is 183 cm³/mol. The summed E-state index contributed by atoms with van der Waals surface area (Å²) in [7, 11) is 1.41. The zero-order valence-electron chi connectivity index (χ0n) is 28.3. The molecular formula is C37H42F3N5O4. The molecule has 2 heterocycles. The van der Waals surface area contributed by atoms with Crippen LogP contribution in [0.1, 0.15) is 66.7 Å². The molecule has 0 spiro atoms. The number of amides is 2. The second-order valence-electron chi connectivity index (χ2n) is 13.3. The quantitative estimate of drug-likeness (QED) is 0.147. The van der Waals surface area contributed by atoms with Crippen molar-refractivity contribution in [2.45, 2.75) is 58.0 Å². The molecule has 260 valence electrons. The summed E-state index contributed by atoms with van der Waals surface area (Å²) in [6.45, 7) is 7.88. The van der Waals surface area contributed by atoms with Gasteiger partial charge in [-0.2, -0.15) is 18.3 Å². The summed E-state index contributed by atoms with van der Waals surface area (Å²) >= 11 is 0. The number of benzene rings is 3. The second kappa shape index (κ2) is 14.7. The first kappa shape index (κ1) is 35.5. The molecule has 3 N–H and O–H groups in total. The van der Waals surface area contributed by atoms with Crippen molar-refractivity contribution in [1.29, 1.82) is 0 Å². The van der Waals surface area contributed by atoms with Gasteiger partial charge >= 0.3 is 12.2 Å². The molecule has 5 rings (SSSR count). The Morgan fingerprint density at radius 2 is 1.67 bits per heavy atom. The van der Waals surface area contributed by atoms with Crippen LogP contribution in [0.4, 0.5) is 29.5 Å². The highest BCUT2D eigenvalue weighted by Gasteiger charge is 2.36. The van der Waals surface area contributed by atoms with E-state index in [2.05, 4.69) is 16.0 Å². The summed E-state index contributed by atoms with van der Waals surface area (Å²) in [5.41, 5.74) is 3.26. The summed E-state index contributed by atoms with van der Waals surface area (Å²) in [5.74, 6) is -0.827. The maximum Gasteiger partial charge on any atom is 0.422 e. The first-order valence-electron chi connectivity index (χ1n) is 16.2. The first-order valence-corrected chi connectivity index (χ1v) is 16.2. The fourth-order valence-corrected chi connectivity index (χ4v) is 5.94. The number of urea groups is 1. The number of alkyl halides is 3. The van der Waals surface area contributed by atoms with Crippen LogP contribution in [0.15, 0.2) is 72.8 Å². The highest BCUT2D eigenvalue weighted by Crippen LogP contribution is 2.40. The number of hydrogen-bond acceptors (Lipinski definition) is 6. The lowest BCUT2D eigenvalue weighted by Gasteiger charge is -2.32. The molecule has 1 aromatic heterocycles. The number of Topliss-reactive ketones (excluding diaryl/α,β-unsaturated/α-hetero) is 1. The number of ketones is 1. The highest BCUT2D eigenvalue weighted by molar-refractivity contribution is 6.06. The Balaban J connectivity index is 1.50. The average Bonchev–Trinajstić information content (AvgIpc) is 3.49. The van der Waals surface area contributed by atoms with Gasteiger partial charge in [-0.05, 0) is 80.7 Å². The number of halogens is 3. The van der Waals surface area contributed by atoms with E-state index in [1.54, 1.807) is 28.9 Å². The SMILES string of the molecule is COc1ccc(OCC(F)(F)F)c(C(=O)C(c2ccccc2NC(=O)Nc2cc(C(C)(C)C)nn2-c2ccc(C)cc2)C2CCNCC2)c1. The Morgan fingerprint density at radius 3 is 2.33 bits per heavy atom. The molecule has 1 aliphatic rings. The zero-order valence-corrected chi connectivity index (χ0v) is 28.3. The van der Waals surface area contributed by atoms with E-state index in [4.69, 9.17) is 14.6 Å². The number of aromatic nitrogens is 2. The maximum absolute atomic E-state index is 14.5. The van der Waals surface area contributed by atoms with Gasteiger partial charge in [-0.1, -0.05) is 56.7 Å². The average molecular weight is 678 g/mol. The smallest absolute Gasteiger partial charge is 0.422 e. The molecule has 3 aromatic carbocycles. The molecule has 1 saturated heterocycles. The van der Waals surface area contributed by atoms with E-state index in [-0.39, 0.29) is 22.6 Å². The molecule has 9 nitrogen and oxygen atoms in total. The molecule has 49 heavy (non-hydrogen) atoms. The molecule has 0 aliphatic carbocycles. The summed E-state index contributed by atoms with van der Waals surface area (Å²) in [5, 5.41) is 14.0. The molecule has 1 fully saturated rings. The van der Waals surface area contributed by atoms with Crippen molar-refractivity contribution in [3.05, 3.63) is 95.2 Å². The minimum atomic E-state index is -4.60. The van der Waals surface area contributed by atoms with Crippen LogP contribution >= 0.6 is 0 Å². The molecular weight excluding hydrogens is 635 g/mol. The molecule has 1 unspecified atom stereocenters. The number of para-hydroxylation sites is 1. The Labute approximate surface area is 284 Å². The Kier molecular flexibility index (Phi) is 10.7. The normalized spacial score (nSPS) is 14.6. The number of hydrogen-bond donors (Lipinski definition) is 3. The van der Waals surface area contributed by atoms with Crippen LogP contribution in [0.3, 0.4) is 0 Å². The third-order valence-electron chi connectivity index (χ3n) is 8.52. The number of carbonyl (C=O) groups excluding carboxylic acids is 2. The molecule has 0 bridgehead atoms. The minimum absolute atomic E-state index is 0.0249. The number of carbonyl (C=O) groups is 2. The highest BCUT2D eigenvalue weighted by atomic mass is 19.4. The van der Waals surface area contributed by atoms with Crippen molar-refractivity contribution < 1.29 is 32.2 Å². The number of rotatable bonds is 10. The van der Waals surface area contributed by atoms with E-state index < -0.39 is 30.5 Å². The van der Waals surface area contributed by atoms with E-state index in [9.17, 15) is 22.8 Å². The molecule has 1 aliphatic heterocycles. The van der Waals surface area contributed by atoms with Gasteiger partial charge < -0.3 is 20.1 Å². The van der Waals surface area contributed by atoms with Gasteiger partial charge in [0.05, 0.1) is 30.0 Å². The van der Waals surface area contributed by atoms with Crippen molar-refractivity contribution in [1.82, 2.24) is 15.1 Å². The monoisotopic (exact) mass is 677 g/mol. The summed E-state index contributed by atoms with van der Waals surface area (Å²) in [6, 6.07) is 20.2. The van der Waals surface area contributed by atoms with Crippen LogP contribution in [0.2, 0.25) is 0 Å². The van der Waals surface area contributed by atoms with Gasteiger partial charge in [0, 0.05) is 17.2 Å². The summed E-state index contributed by atoms with van der Waals surface area (Å²) in [6.07, 6.45) is -3.31. The number of aryl methyl sites for hydroxylation is 1. The van der Waals surface area contributed by atoms with Gasteiger partial charge in [-0.3, -0.25) is 10.1 Å². The number of piperidine rings is 1. The molecule has 12 heteroatoms. The molecule has 0 radical (unpaired) electrons. The van der Waals surface area contributed by atoms with Crippen molar-refractivity contribution in [2.75, 3.05) is 37.4 Å². The fourth-order valence-electron chi connectivity index (χ4n) is 5.94.